The number of aryl methyl sites for hydroxylation is 1. The predicted molar refractivity (Wildman–Crippen MR) is 91.5 cm³/mol. The Balaban J connectivity index is 1.57. The highest BCUT2D eigenvalue weighted by atomic mass is 16.5. The third-order valence-electron chi connectivity index (χ3n) is 3.74. The van der Waals surface area contributed by atoms with Gasteiger partial charge in [-0.1, -0.05) is 30.3 Å². The third-order valence-corrected chi connectivity index (χ3v) is 3.74. The van der Waals surface area contributed by atoms with Gasteiger partial charge in [-0.25, -0.2) is 4.79 Å². The van der Waals surface area contributed by atoms with Crippen molar-refractivity contribution in [3.8, 4) is 5.75 Å². The minimum atomic E-state index is -1.10. The second-order valence-electron chi connectivity index (χ2n) is 5.47. The number of aromatic nitrogens is 2. The van der Waals surface area contributed by atoms with Gasteiger partial charge in [-0.2, -0.15) is 9.78 Å². The largest absolute Gasteiger partial charge is 0.492 e. The molecule has 124 valence electrons. The van der Waals surface area contributed by atoms with Crippen LogP contribution in [0, 0.1) is 6.92 Å². The van der Waals surface area contributed by atoms with Crippen LogP contribution in [-0.4, -0.2) is 34.1 Å². The summed E-state index contributed by atoms with van der Waals surface area (Å²) in [6, 6.07) is 15.5. The third kappa shape index (κ3) is 3.55. The van der Waals surface area contributed by atoms with E-state index in [4.69, 9.17) is 4.74 Å². The van der Waals surface area contributed by atoms with E-state index in [9.17, 15) is 9.90 Å². The second kappa shape index (κ2) is 7.14. The van der Waals surface area contributed by atoms with Crippen molar-refractivity contribution in [3.63, 3.8) is 0 Å². The van der Waals surface area contributed by atoms with E-state index >= 15 is 0 Å². The van der Waals surface area contributed by atoms with Crippen molar-refractivity contribution in [2.45, 2.75) is 13.5 Å². The number of carbonyl (C=O) groups is 1. The molecule has 0 aliphatic carbocycles. The van der Waals surface area contributed by atoms with E-state index in [0.29, 0.717) is 30.1 Å². The fraction of sp³-hybridized carbons (Fsp3) is 0.222. The SMILES string of the molecule is Cc1nn(C(=O)O)c2cc(OCCNCc3ccccc3)ccc12. The van der Waals surface area contributed by atoms with Crippen LogP contribution in [-0.2, 0) is 6.54 Å². The molecule has 3 rings (SSSR count). The van der Waals surface area contributed by atoms with Gasteiger partial charge in [-0.15, -0.1) is 0 Å². The molecule has 0 atom stereocenters. The Morgan fingerprint density at radius 3 is 2.79 bits per heavy atom. The number of fused-ring (bicyclic) bond motifs is 1. The zero-order valence-electron chi connectivity index (χ0n) is 13.4. The Hall–Kier alpha value is -2.86. The van der Waals surface area contributed by atoms with Crippen molar-refractivity contribution in [2.24, 2.45) is 0 Å². The standard InChI is InChI=1S/C18H19N3O3/c1-13-16-8-7-15(11-17(16)21(20-13)18(22)23)24-10-9-19-12-14-5-3-2-4-6-14/h2-8,11,19H,9-10,12H2,1H3,(H,22,23). The topological polar surface area (TPSA) is 76.4 Å². The van der Waals surface area contributed by atoms with E-state index < -0.39 is 6.09 Å². The Labute approximate surface area is 139 Å². The number of ether oxygens (including phenoxy) is 1. The quantitative estimate of drug-likeness (QED) is 0.681. The van der Waals surface area contributed by atoms with E-state index in [1.54, 1.807) is 13.0 Å². The van der Waals surface area contributed by atoms with Gasteiger partial charge < -0.3 is 15.2 Å². The molecule has 1 aromatic heterocycles. The van der Waals surface area contributed by atoms with Gasteiger partial charge in [-0.3, -0.25) is 0 Å². The highest BCUT2D eigenvalue weighted by Crippen LogP contribution is 2.23. The van der Waals surface area contributed by atoms with Crippen LogP contribution in [0.15, 0.2) is 48.5 Å². The van der Waals surface area contributed by atoms with Gasteiger partial charge >= 0.3 is 6.09 Å². The summed E-state index contributed by atoms with van der Waals surface area (Å²) in [7, 11) is 0. The van der Waals surface area contributed by atoms with Crippen molar-refractivity contribution in [1.29, 1.82) is 0 Å². The molecule has 0 unspecified atom stereocenters. The Kier molecular flexibility index (Phi) is 4.77. The van der Waals surface area contributed by atoms with Gasteiger partial charge in [0.25, 0.3) is 0 Å². The van der Waals surface area contributed by atoms with E-state index in [2.05, 4.69) is 22.5 Å². The van der Waals surface area contributed by atoms with Crippen molar-refractivity contribution >= 4 is 17.0 Å². The summed E-state index contributed by atoms with van der Waals surface area (Å²) in [6.07, 6.45) is -1.10. The highest BCUT2D eigenvalue weighted by molar-refractivity contribution is 5.89. The number of rotatable bonds is 6. The molecule has 0 saturated carbocycles. The molecule has 0 aliphatic heterocycles. The maximum Gasteiger partial charge on any atom is 0.432 e. The van der Waals surface area contributed by atoms with Gasteiger partial charge in [0.05, 0.1) is 11.2 Å². The van der Waals surface area contributed by atoms with Gasteiger partial charge in [0.1, 0.15) is 12.4 Å². The van der Waals surface area contributed by atoms with Crippen molar-refractivity contribution < 1.29 is 14.6 Å². The lowest BCUT2D eigenvalue weighted by atomic mass is 10.2. The van der Waals surface area contributed by atoms with Crippen LogP contribution in [0.2, 0.25) is 0 Å². The summed E-state index contributed by atoms with van der Waals surface area (Å²) in [4.78, 5) is 11.2. The first-order valence-corrected chi connectivity index (χ1v) is 7.75. The monoisotopic (exact) mass is 325 g/mol. The average molecular weight is 325 g/mol. The molecule has 0 bridgehead atoms. The normalized spacial score (nSPS) is 10.9. The number of nitrogens with zero attached hydrogens (tertiary/aromatic N) is 2. The first-order chi connectivity index (χ1) is 11.6. The lowest BCUT2D eigenvalue weighted by molar-refractivity contribution is 0.194. The molecule has 6 heteroatoms. The van der Waals surface area contributed by atoms with E-state index in [0.717, 1.165) is 16.6 Å². The van der Waals surface area contributed by atoms with Crippen LogP contribution in [0.25, 0.3) is 10.9 Å². The minimum absolute atomic E-state index is 0.499. The molecule has 0 amide bonds. The zero-order valence-corrected chi connectivity index (χ0v) is 13.4. The van der Waals surface area contributed by atoms with Gasteiger partial charge in [0.15, 0.2) is 0 Å². The van der Waals surface area contributed by atoms with Crippen LogP contribution < -0.4 is 10.1 Å². The Morgan fingerprint density at radius 2 is 2.04 bits per heavy atom. The van der Waals surface area contributed by atoms with Crippen LogP contribution in [0.1, 0.15) is 11.3 Å². The fourth-order valence-electron chi connectivity index (χ4n) is 2.56. The maximum absolute atomic E-state index is 11.2. The lowest BCUT2D eigenvalue weighted by Gasteiger charge is -2.08. The van der Waals surface area contributed by atoms with Crippen molar-refractivity contribution in [1.82, 2.24) is 15.1 Å². The van der Waals surface area contributed by atoms with Crippen LogP contribution in [0.4, 0.5) is 4.79 Å². The molecule has 2 aromatic carbocycles. The minimum Gasteiger partial charge on any atom is -0.492 e. The second-order valence-corrected chi connectivity index (χ2v) is 5.47. The highest BCUT2D eigenvalue weighted by Gasteiger charge is 2.12. The molecule has 1 heterocycles. The molecule has 24 heavy (non-hydrogen) atoms. The summed E-state index contributed by atoms with van der Waals surface area (Å²) >= 11 is 0. The number of benzene rings is 2. The molecule has 2 N–H and O–H groups in total. The van der Waals surface area contributed by atoms with E-state index in [1.807, 2.05) is 30.3 Å². The van der Waals surface area contributed by atoms with Crippen LogP contribution >= 0.6 is 0 Å². The summed E-state index contributed by atoms with van der Waals surface area (Å²) in [5.41, 5.74) is 2.44. The van der Waals surface area contributed by atoms with Crippen LogP contribution in [0.5, 0.6) is 5.75 Å². The van der Waals surface area contributed by atoms with Gasteiger partial charge in [0, 0.05) is 24.5 Å². The number of carboxylic acid groups (broad SMARTS) is 1. The van der Waals surface area contributed by atoms with Gasteiger partial charge in [-0.05, 0) is 24.6 Å². The number of nitrogens with one attached hydrogen (secondary N) is 1. The molecule has 0 radical (unpaired) electrons. The maximum atomic E-state index is 11.2. The fourth-order valence-corrected chi connectivity index (χ4v) is 2.56. The lowest BCUT2D eigenvalue weighted by Crippen LogP contribution is -2.20. The van der Waals surface area contributed by atoms with Crippen molar-refractivity contribution in [3.05, 3.63) is 59.8 Å². The number of hydrogen-bond donors (Lipinski definition) is 2. The Morgan fingerprint density at radius 1 is 1.25 bits per heavy atom. The summed E-state index contributed by atoms with van der Waals surface area (Å²) in [5.74, 6) is 0.631. The predicted octanol–water partition coefficient (Wildman–Crippen LogP) is 3.04. The molecule has 0 fully saturated rings. The summed E-state index contributed by atoms with van der Waals surface area (Å²) in [6.45, 7) is 3.77. The average Bonchev–Trinajstić information content (AvgIpc) is 2.92. The van der Waals surface area contributed by atoms with E-state index in [1.165, 1.54) is 5.56 Å². The molecule has 0 spiro atoms. The molecule has 3 aromatic rings. The van der Waals surface area contributed by atoms with Gasteiger partial charge in [0.2, 0.25) is 0 Å². The number of hydrogen-bond acceptors (Lipinski definition) is 4. The first-order valence-electron chi connectivity index (χ1n) is 7.75. The molecular formula is C18H19N3O3. The smallest absolute Gasteiger partial charge is 0.432 e. The first kappa shape index (κ1) is 16.0. The van der Waals surface area contributed by atoms with E-state index in [-0.39, 0.29) is 0 Å². The molecule has 6 nitrogen and oxygen atoms in total. The van der Waals surface area contributed by atoms with Crippen LogP contribution in [0.3, 0.4) is 0 Å². The van der Waals surface area contributed by atoms with Crippen molar-refractivity contribution in [2.75, 3.05) is 13.2 Å². The molecular weight excluding hydrogens is 306 g/mol. The molecule has 0 saturated heterocycles. The zero-order chi connectivity index (χ0) is 16.9. The summed E-state index contributed by atoms with van der Waals surface area (Å²) in [5, 5.41) is 17.3. The summed E-state index contributed by atoms with van der Waals surface area (Å²) < 4.78 is 6.68. The molecule has 0 aliphatic rings. The Bertz CT molecular complexity index is 843.